The number of carboxylic acid groups (broad SMARTS) is 1. The van der Waals surface area contributed by atoms with Gasteiger partial charge in [-0.2, -0.15) is 0 Å². The summed E-state index contributed by atoms with van der Waals surface area (Å²) < 4.78 is 4.43. The van der Waals surface area contributed by atoms with Crippen LogP contribution in [0.15, 0.2) is 85.3 Å². The van der Waals surface area contributed by atoms with Crippen LogP contribution in [0, 0.1) is 0 Å². The highest BCUT2D eigenvalue weighted by atomic mass is 79.9. The lowest BCUT2D eigenvalue weighted by Gasteiger charge is -2.12. The molecule has 0 fully saturated rings. The van der Waals surface area contributed by atoms with Crippen molar-refractivity contribution < 1.29 is 14.7 Å². The first kappa shape index (κ1) is 22.7. The maximum absolute atomic E-state index is 12.8. The second-order valence-corrected chi connectivity index (χ2v) is 9.27. The number of allylic oxidation sites excluding steroid dienone is 5. The van der Waals surface area contributed by atoms with E-state index in [-0.39, 0.29) is 11.3 Å². The average molecular weight is 571 g/mol. The predicted molar refractivity (Wildman–Crippen MR) is 128 cm³/mol. The van der Waals surface area contributed by atoms with Crippen LogP contribution >= 0.6 is 55.4 Å². The Morgan fingerprint density at radius 1 is 1.07 bits per heavy atom. The molecule has 9 heteroatoms. The summed E-state index contributed by atoms with van der Waals surface area (Å²) in [7, 11) is 0. The van der Waals surface area contributed by atoms with Crippen LogP contribution in [0.4, 0.5) is 5.69 Å². The molecule has 5 nitrogen and oxygen atoms in total. The first-order chi connectivity index (χ1) is 14.3. The van der Waals surface area contributed by atoms with Gasteiger partial charge in [0.2, 0.25) is 0 Å². The topological polar surface area (TPSA) is 78.4 Å². The van der Waals surface area contributed by atoms with Crippen molar-refractivity contribution in [2.45, 2.75) is 11.3 Å². The van der Waals surface area contributed by atoms with Gasteiger partial charge in [-0.1, -0.05) is 33.6 Å². The third-order valence-electron chi connectivity index (χ3n) is 3.98. The Balaban J connectivity index is 1.77. The molecule has 0 saturated heterocycles. The third kappa shape index (κ3) is 6.01. The molecule has 30 heavy (non-hydrogen) atoms. The molecule has 0 bridgehead atoms. The molecule has 0 radical (unpaired) electrons. The van der Waals surface area contributed by atoms with Crippen molar-refractivity contribution in [2.75, 3.05) is 5.32 Å². The Morgan fingerprint density at radius 3 is 2.63 bits per heavy atom. The zero-order valence-corrected chi connectivity index (χ0v) is 20.0. The van der Waals surface area contributed by atoms with Gasteiger partial charge in [-0.25, -0.2) is 4.79 Å². The summed E-state index contributed by atoms with van der Waals surface area (Å²) in [4.78, 5) is 25.1. The Hall–Kier alpha value is -2.00. The van der Waals surface area contributed by atoms with Gasteiger partial charge in [-0.05, 0) is 82.5 Å². The highest BCUT2D eigenvalue weighted by Crippen LogP contribution is 2.27. The number of carbonyl (C=O) groups excluding carboxylic acids is 1. The van der Waals surface area contributed by atoms with Crippen molar-refractivity contribution >= 4 is 73.0 Å². The van der Waals surface area contributed by atoms with Gasteiger partial charge >= 0.3 is 5.97 Å². The molecule has 0 aromatic heterocycles. The van der Waals surface area contributed by atoms with E-state index < -0.39 is 11.9 Å². The zero-order valence-electron chi connectivity index (χ0n) is 15.3. The van der Waals surface area contributed by atoms with Crippen LogP contribution in [0.1, 0.15) is 27.1 Å². The highest BCUT2D eigenvalue weighted by molar-refractivity contribution is 9.10. The smallest absolute Gasteiger partial charge is 0.337 e. The number of halogens is 3. The average Bonchev–Trinajstić information content (AvgIpc) is 2.92. The van der Waals surface area contributed by atoms with E-state index in [0.717, 1.165) is 15.6 Å². The van der Waals surface area contributed by atoms with Crippen LogP contribution < -0.4 is 10.0 Å². The van der Waals surface area contributed by atoms with Gasteiger partial charge in [0.15, 0.2) is 0 Å². The van der Waals surface area contributed by atoms with Crippen LogP contribution in [0.25, 0.3) is 0 Å². The molecule has 154 valence electrons. The molecule has 0 unspecified atom stereocenters. The largest absolute Gasteiger partial charge is 0.478 e. The van der Waals surface area contributed by atoms with Gasteiger partial charge in [0.05, 0.1) is 16.8 Å². The number of anilines is 1. The maximum atomic E-state index is 12.8. The Bertz CT molecular complexity index is 1100. The van der Waals surface area contributed by atoms with E-state index in [4.69, 9.17) is 11.6 Å². The summed E-state index contributed by atoms with van der Waals surface area (Å²) in [5.41, 5.74) is 1.48. The molecular weight excluding hydrogens is 556 g/mol. The van der Waals surface area contributed by atoms with Crippen LogP contribution in [0.3, 0.4) is 0 Å². The van der Waals surface area contributed by atoms with Crippen LogP contribution in [0.2, 0.25) is 0 Å². The fourth-order valence-corrected chi connectivity index (χ4v) is 4.15. The molecule has 0 spiro atoms. The minimum absolute atomic E-state index is 0.000141. The van der Waals surface area contributed by atoms with Crippen molar-refractivity contribution in [3.05, 3.63) is 91.5 Å². The second-order valence-electron chi connectivity index (χ2n) is 6.14. The molecule has 3 rings (SSSR count). The molecule has 0 atom stereocenters. The fourth-order valence-electron chi connectivity index (χ4n) is 2.52. The molecule has 2 aromatic rings. The van der Waals surface area contributed by atoms with E-state index in [2.05, 4.69) is 41.9 Å². The number of benzene rings is 2. The molecule has 0 saturated carbocycles. The van der Waals surface area contributed by atoms with Crippen molar-refractivity contribution in [1.82, 2.24) is 4.72 Å². The molecular formula is C21H15Br2ClN2O3S. The number of nitrogens with one attached hydrogen (secondary N) is 2. The third-order valence-corrected chi connectivity index (χ3v) is 6.28. The van der Waals surface area contributed by atoms with E-state index >= 15 is 0 Å². The van der Waals surface area contributed by atoms with Crippen LogP contribution in [-0.2, 0) is 0 Å². The number of rotatable bonds is 6. The van der Waals surface area contributed by atoms with Gasteiger partial charge in [-0.3, -0.25) is 4.79 Å². The van der Waals surface area contributed by atoms with Gasteiger partial charge in [-0.15, -0.1) is 0 Å². The number of carboxylic acids is 1. The molecule has 3 N–H and O–H groups in total. The lowest BCUT2D eigenvalue weighted by Crippen LogP contribution is -2.15. The zero-order chi connectivity index (χ0) is 21.7. The van der Waals surface area contributed by atoms with Gasteiger partial charge in [0.25, 0.3) is 5.91 Å². The highest BCUT2D eigenvalue weighted by Gasteiger charge is 2.16. The normalized spacial score (nSPS) is 13.2. The van der Waals surface area contributed by atoms with E-state index in [9.17, 15) is 14.7 Å². The molecule has 1 amide bonds. The van der Waals surface area contributed by atoms with Crippen molar-refractivity contribution in [2.24, 2.45) is 0 Å². The number of hydrogen-bond donors (Lipinski definition) is 3. The van der Waals surface area contributed by atoms with Crippen LogP contribution in [-0.4, -0.2) is 17.0 Å². The van der Waals surface area contributed by atoms with E-state index in [1.54, 1.807) is 24.3 Å². The minimum atomic E-state index is -1.13. The van der Waals surface area contributed by atoms with Crippen molar-refractivity contribution in [3.63, 3.8) is 0 Å². The Labute approximate surface area is 199 Å². The van der Waals surface area contributed by atoms with E-state index in [1.807, 2.05) is 30.4 Å². The van der Waals surface area contributed by atoms with Crippen molar-refractivity contribution in [3.8, 4) is 0 Å². The molecule has 1 aliphatic carbocycles. The maximum Gasteiger partial charge on any atom is 0.337 e. The number of carbonyl (C=O) groups is 2. The molecule has 0 heterocycles. The van der Waals surface area contributed by atoms with Gasteiger partial charge in [0.1, 0.15) is 0 Å². The van der Waals surface area contributed by atoms with Gasteiger partial charge in [0, 0.05) is 31.0 Å². The monoisotopic (exact) mass is 568 g/mol. The lowest BCUT2D eigenvalue weighted by atomic mass is 10.1. The lowest BCUT2D eigenvalue weighted by molar-refractivity contribution is 0.0698. The molecule has 1 aliphatic rings. The first-order valence-corrected chi connectivity index (χ1v) is 11.4. The number of aromatic carboxylic acids is 1. The Kier molecular flexibility index (Phi) is 7.82. The first-order valence-electron chi connectivity index (χ1n) is 8.63. The number of amides is 1. The van der Waals surface area contributed by atoms with Gasteiger partial charge < -0.3 is 15.1 Å². The van der Waals surface area contributed by atoms with Crippen LogP contribution in [0.5, 0.6) is 0 Å². The predicted octanol–water partition coefficient (Wildman–Crippen LogP) is 6.73. The number of hydrogen-bond acceptors (Lipinski definition) is 4. The van der Waals surface area contributed by atoms with E-state index in [0.29, 0.717) is 20.9 Å². The summed E-state index contributed by atoms with van der Waals surface area (Å²) in [6.45, 7) is 0. The summed E-state index contributed by atoms with van der Waals surface area (Å²) in [6.07, 6.45) is 8.30. The second kappa shape index (κ2) is 10.3. The quantitative estimate of drug-likeness (QED) is 0.336. The standard InChI is InChI=1S/C21H15Br2ClN2O3S/c22-12-4-9-19(17(10-12)21(28)29)25-20(27)16-11-15(7-8-18(16)23)30-26-14-3-1-2-13(24)5-6-14/h1,3-11,26H,2H2,(H,25,27)(H,28,29). The van der Waals surface area contributed by atoms with Crippen molar-refractivity contribution in [1.29, 1.82) is 0 Å². The molecule has 2 aromatic carbocycles. The summed E-state index contributed by atoms with van der Waals surface area (Å²) in [6, 6.07) is 10.0. The van der Waals surface area contributed by atoms with E-state index in [1.165, 1.54) is 18.0 Å². The molecule has 0 aliphatic heterocycles. The fraction of sp³-hybridized carbons (Fsp3) is 0.0476. The minimum Gasteiger partial charge on any atom is -0.478 e. The SMILES string of the molecule is O=C(Nc1ccc(Br)cc1C(=O)O)c1cc(SNC2=CC=C(Cl)CC=C2)ccc1Br. The summed E-state index contributed by atoms with van der Waals surface area (Å²) in [5.74, 6) is -1.55. The summed E-state index contributed by atoms with van der Waals surface area (Å²) in [5, 5.41) is 12.8. The Morgan fingerprint density at radius 2 is 1.87 bits per heavy atom. The summed E-state index contributed by atoms with van der Waals surface area (Å²) >= 11 is 14.0.